The predicted octanol–water partition coefficient (Wildman–Crippen LogP) is 2.83. The van der Waals surface area contributed by atoms with Crippen LogP contribution in [0.1, 0.15) is 19.3 Å². The maximum atomic E-state index is 12.9. The fourth-order valence-corrected chi connectivity index (χ4v) is 2.54. The molecule has 1 saturated heterocycles. The first-order valence-electron chi connectivity index (χ1n) is 6.84. The average Bonchev–Trinajstić information content (AvgIpc) is 2.89. The van der Waals surface area contributed by atoms with Gasteiger partial charge in [0.2, 0.25) is 0 Å². The molecule has 3 rings (SSSR count). The van der Waals surface area contributed by atoms with Gasteiger partial charge in [0.1, 0.15) is 5.82 Å². The lowest BCUT2D eigenvalue weighted by molar-refractivity contribution is 0.351. The van der Waals surface area contributed by atoms with Crippen LogP contribution in [0.5, 0.6) is 0 Å². The Hall–Kier alpha value is -1.68. The van der Waals surface area contributed by atoms with Gasteiger partial charge < -0.3 is 5.32 Å². The van der Waals surface area contributed by atoms with Crippen molar-refractivity contribution in [2.75, 3.05) is 6.54 Å². The highest BCUT2D eigenvalue weighted by atomic mass is 19.1. The van der Waals surface area contributed by atoms with Crippen LogP contribution >= 0.6 is 0 Å². The van der Waals surface area contributed by atoms with Crippen LogP contribution in [0.4, 0.5) is 4.39 Å². The maximum absolute atomic E-state index is 12.9. The third-order valence-corrected chi connectivity index (χ3v) is 3.60. The molecule has 1 aliphatic rings. The van der Waals surface area contributed by atoms with Crippen molar-refractivity contribution in [3.63, 3.8) is 0 Å². The highest BCUT2D eigenvalue weighted by Crippen LogP contribution is 2.17. The van der Waals surface area contributed by atoms with Crippen LogP contribution in [-0.2, 0) is 6.54 Å². The molecule has 0 radical (unpaired) electrons. The summed E-state index contributed by atoms with van der Waals surface area (Å²) in [5.41, 5.74) is 1.85. The van der Waals surface area contributed by atoms with E-state index >= 15 is 0 Å². The second kappa shape index (κ2) is 5.53. The Morgan fingerprint density at radius 3 is 2.79 bits per heavy atom. The van der Waals surface area contributed by atoms with Gasteiger partial charge in [0.15, 0.2) is 0 Å². The van der Waals surface area contributed by atoms with E-state index in [2.05, 4.69) is 10.4 Å². The van der Waals surface area contributed by atoms with E-state index in [1.807, 2.05) is 16.9 Å². The fourth-order valence-electron chi connectivity index (χ4n) is 2.54. The summed E-state index contributed by atoms with van der Waals surface area (Å²) in [6, 6.07) is 8.97. The monoisotopic (exact) mass is 259 g/mol. The number of hydrogen-bond donors (Lipinski definition) is 1. The molecule has 2 aromatic rings. The molecule has 0 saturated carbocycles. The highest BCUT2D eigenvalue weighted by molar-refractivity contribution is 5.58. The lowest BCUT2D eigenvalue weighted by atomic mass is 10.1. The molecule has 100 valence electrons. The first-order valence-corrected chi connectivity index (χ1v) is 6.84. The van der Waals surface area contributed by atoms with Gasteiger partial charge in [0, 0.05) is 17.8 Å². The number of halogens is 1. The zero-order chi connectivity index (χ0) is 13.1. The van der Waals surface area contributed by atoms with Gasteiger partial charge in [-0.1, -0.05) is 6.42 Å². The molecule has 0 aliphatic carbocycles. The molecular weight excluding hydrogens is 241 g/mol. The number of piperidine rings is 1. The minimum Gasteiger partial charge on any atom is -0.312 e. The number of rotatable bonds is 3. The van der Waals surface area contributed by atoms with Crippen molar-refractivity contribution in [2.24, 2.45) is 0 Å². The number of nitrogens with zero attached hydrogens (tertiary/aromatic N) is 2. The first-order chi connectivity index (χ1) is 9.31. The Morgan fingerprint density at radius 2 is 2.05 bits per heavy atom. The number of benzene rings is 1. The van der Waals surface area contributed by atoms with Crippen LogP contribution in [0.15, 0.2) is 36.5 Å². The van der Waals surface area contributed by atoms with E-state index in [1.54, 1.807) is 12.1 Å². The first kappa shape index (κ1) is 12.4. The summed E-state index contributed by atoms with van der Waals surface area (Å²) < 4.78 is 14.9. The highest BCUT2D eigenvalue weighted by Gasteiger charge is 2.13. The van der Waals surface area contributed by atoms with Crippen LogP contribution in [0.3, 0.4) is 0 Å². The molecule has 1 N–H and O–H groups in total. The van der Waals surface area contributed by atoms with E-state index in [0.29, 0.717) is 6.04 Å². The largest absolute Gasteiger partial charge is 0.312 e. The minimum atomic E-state index is -0.213. The van der Waals surface area contributed by atoms with E-state index in [-0.39, 0.29) is 5.82 Å². The molecule has 0 unspecified atom stereocenters. The summed E-state index contributed by atoms with van der Waals surface area (Å²) in [6.07, 6.45) is 5.78. The third kappa shape index (κ3) is 3.01. The maximum Gasteiger partial charge on any atom is 0.123 e. The molecular formula is C15H18FN3. The van der Waals surface area contributed by atoms with Gasteiger partial charge in [-0.3, -0.25) is 4.68 Å². The van der Waals surface area contributed by atoms with Gasteiger partial charge in [0.25, 0.3) is 0 Å². The lowest BCUT2D eigenvalue weighted by Gasteiger charge is -2.23. The van der Waals surface area contributed by atoms with Gasteiger partial charge in [-0.05, 0) is 49.7 Å². The van der Waals surface area contributed by atoms with Crippen LogP contribution in [0.25, 0.3) is 11.3 Å². The molecule has 0 amide bonds. The average molecular weight is 259 g/mol. The zero-order valence-electron chi connectivity index (χ0n) is 10.8. The van der Waals surface area contributed by atoms with E-state index in [9.17, 15) is 4.39 Å². The summed E-state index contributed by atoms with van der Waals surface area (Å²) in [4.78, 5) is 0. The van der Waals surface area contributed by atoms with Crippen molar-refractivity contribution >= 4 is 0 Å². The Bertz CT molecular complexity index is 527. The van der Waals surface area contributed by atoms with Crippen molar-refractivity contribution < 1.29 is 4.39 Å². The number of aromatic nitrogens is 2. The molecule has 19 heavy (non-hydrogen) atoms. The summed E-state index contributed by atoms with van der Waals surface area (Å²) in [5, 5.41) is 8.07. The standard InChI is InChI=1S/C15H18FN3/c16-13-6-4-12(5-7-13)15-8-10-19(18-15)11-14-3-1-2-9-17-14/h4-8,10,14,17H,1-3,9,11H2/t14-/m0/s1. The minimum absolute atomic E-state index is 0.213. The van der Waals surface area contributed by atoms with Crippen molar-refractivity contribution in [2.45, 2.75) is 31.8 Å². The van der Waals surface area contributed by atoms with E-state index in [1.165, 1.54) is 31.4 Å². The second-order valence-electron chi connectivity index (χ2n) is 5.08. The second-order valence-corrected chi connectivity index (χ2v) is 5.08. The quantitative estimate of drug-likeness (QED) is 0.918. The van der Waals surface area contributed by atoms with Gasteiger partial charge >= 0.3 is 0 Å². The van der Waals surface area contributed by atoms with Crippen LogP contribution in [0.2, 0.25) is 0 Å². The Balaban J connectivity index is 1.70. The molecule has 4 heteroatoms. The molecule has 1 aromatic carbocycles. The van der Waals surface area contributed by atoms with Gasteiger partial charge in [-0.25, -0.2) is 4.39 Å². The molecule has 2 heterocycles. The van der Waals surface area contributed by atoms with Crippen molar-refractivity contribution in [3.8, 4) is 11.3 Å². The van der Waals surface area contributed by atoms with Gasteiger partial charge in [-0.15, -0.1) is 0 Å². The summed E-state index contributed by atoms with van der Waals surface area (Å²) in [6.45, 7) is 2.01. The van der Waals surface area contributed by atoms with Crippen molar-refractivity contribution in [1.29, 1.82) is 0 Å². The van der Waals surface area contributed by atoms with Gasteiger partial charge in [-0.2, -0.15) is 5.10 Å². The Labute approximate surface area is 112 Å². The van der Waals surface area contributed by atoms with Crippen molar-refractivity contribution in [3.05, 3.63) is 42.3 Å². The Morgan fingerprint density at radius 1 is 1.21 bits per heavy atom. The SMILES string of the molecule is Fc1ccc(-c2ccn(C[C@@H]3CCCCN3)n2)cc1. The molecule has 0 spiro atoms. The molecule has 1 atom stereocenters. The summed E-state index contributed by atoms with van der Waals surface area (Å²) in [5.74, 6) is -0.213. The normalized spacial score (nSPS) is 19.5. The van der Waals surface area contributed by atoms with E-state index < -0.39 is 0 Å². The Kier molecular flexibility index (Phi) is 3.60. The van der Waals surface area contributed by atoms with Gasteiger partial charge in [0.05, 0.1) is 12.2 Å². The zero-order valence-corrected chi connectivity index (χ0v) is 10.8. The van der Waals surface area contributed by atoms with Crippen molar-refractivity contribution in [1.82, 2.24) is 15.1 Å². The van der Waals surface area contributed by atoms with Crippen LogP contribution < -0.4 is 5.32 Å². The van der Waals surface area contributed by atoms with Crippen LogP contribution in [0, 0.1) is 5.82 Å². The summed E-state index contributed by atoms with van der Waals surface area (Å²) >= 11 is 0. The molecule has 1 fully saturated rings. The molecule has 1 aliphatic heterocycles. The smallest absolute Gasteiger partial charge is 0.123 e. The fraction of sp³-hybridized carbons (Fsp3) is 0.400. The molecule has 1 aromatic heterocycles. The third-order valence-electron chi connectivity index (χ3n) is 3.60. The molecule has 3 nitrogen and oxygen atoms in total. The number of hydrogen-bond acceptors (Lipinski definition) is 2. The summed E-state index contributed by atoms with van der Waals surface area (Å²) in [7, 11) is 0. The van der Waals surface area contributed by atoms with Crippen LogP contribution in [-0.4, -0.2) is 22.4 Å². The van der Waals surface area contributed by atoms with E-state index in [0.717, 1.165) is 24.3 Å². The number of nitrogens with one attached hydrogen (secondary N) is 1. The lowest BCUT2D eigenvalue weighted by Crippen LogP contribution is -2.37. The molecule has 0 bridgehead atoms. The topological polar surface area (TPSA) is 29.9 Å². The predicted molar refractivity (Wildman–Crippen MR) is 73.3 cm³/mol. The van der Waals surface area contributed by atoms with E-state index in [4.69, 9.17) is 0 Å².